The third-order valence-corrected chi connectivity index (χ3v) is 5.54. The van der Waals surface area contributed by atoms with Gasteiger partial charge in [0.15, 0.2) is 16.3 Å². The molecule has 0 aliphatic carbocycles. The molecule has 0 fully saturated rings. The zero-order valence-electron chi connectivity index (χ0n) is 17.6. The Bertz CT molecular complexity index is 1410. The highest BCUT2D eigenvalue weighted by Crippen LogP contribution is 2.33. The average Bonchev–Trinajstić information content (AvgIpc) is 3.17. The smallest absolute Gasteiger partial charge is 0.278 e. The van der Waals surface area contributed by atoms with E-state index >= 15 is 0 Å². The van der Waals surface area contributed by atoms with Gasteiger partial charge in [-0.15, -0.1) is 0 Å². The van der Waals surface area contributed by atoms with Crippen molar-refractivity contribution in [3.8, 4) is 22.9 Å². The van der Waals surface area contributed by atoms with Gasteiger partial charge in [0.2, 0.25) is 0 Å². The number of nitrogens with zero attached hydrogens (tertiary/aromatic N) is 4. The maximum Gasteiger partial charge on any atom is 0.278 e. The van der Waals surface area contributed by atoms with Crippen molar-refractivity contribution in [1.82, 2.24) is 24.5 Å². The SMILES string of the molecule is COc1ccc(Cl)cc1-n1c(CCn2ncc3ccc(OC)c(OC)c3c2=O)n[nH]c1=S. The van der Waals surface area contributed by atoms with Gasteiger partial charge in [0.25, 0.3) is 5.56 Å². The Morgan fingerprint density at radius 2 is 1.84 bits per heavy atom. The van der Waals surface area contributed by atoms with Gasteiger partial charge in [-0.1, -0.05) is 11.6 Å². The van der Waals surface area contributed by atoms with E-state index in [-0.39, 0.29) is 12.1 Å². The summed E-state index contributed by atoms with van der Waals surface area (Å²) in [6.07, 6.45) is 1.99. The molecule has 4 aromatic rings. The van der Waals surface area contributed by atoms with Crippen LogP contribution in [0.2, 0.25) is 5.02 Å². The topological polar surface area (TPSA) is 96.2 Å². The van der Waals surface area contributed by atoms with E-state index < -0.39 is 0 Å². The molecule has 2 aromatic heterocycles. The van der Waals surface area contributed by atoms with Gasteiger partial charge in [-0.05, 0) is 42.5 Å². The molecule has 0 aliphatic rings. The number of aryl methyl sites for hydroxylation is 2. The molecule has 4 rings (SSSR count). The van der Waals surface area contributed by atoms with Crippen LogP contribution in [0.1, 0.15) is 5.82 Å². The first kappa shape index (κ1) is 21.8. The second kappa shape index (κ2) is 9.01. The van der Waals surface area contributed by atoms with Crippen molar-refractivity contribution in [2.45, 2.75) is 13.0 Å². The summed E-state index contributed by atoms with van der Waals surface area (Å²) in [4.78, 5) is 13.2. The van der Waals surface area contributed by atoms with E-state index in [1.54, 1.807) is 48.2 Å². The zero-order valence-corrected chi connectivity index (χ0v) is 19.2. The van der Waals surface area contributed by atoms with Crippen molar-refractivity contribution in [3.05, 3.63) is 62.5 Å². The minimum atomic E-state index is -0.292. The predicted octanol–water partition coefficient (Wildman–Crippen LogP) is 3.56. The van der Waals surface area contributed by atoms with Crippen molar-refractivity contribution >= 4 is 34.6 Å². The van der Waals surface area contributed by atoms with Gasteiger partial charge in [0, 0.05) is 16.8 Å². The molecule has 1 N–H and O–H groups in total. The summed E-state index contributed by atoms with van der Waals surface area (Å²) < 4.78 is 19.7. The van der Waals surface area contributed by atoms with Gasteiger partial charge in [-0.3, -0.25) is 14.5 Å². The van der Waals surface area contributed by atoms with Crippen LogP contribution in [0.25, 0.3) is 16.5 Å². The van der Waals surface area contributed by atoms with E-state index in [0.29, 0.717) is 55.7 Å². The molecule has 0 saturated heterocycles. The Hall–Kier alpha value is -3.37. The number of aromatic nitrogens is 5. The third-order valence-electron chi connectivity index (χ3n) is 5.03. The molecule has 0 radical (unpaired) electrons. The maximum atomic E-state index is 13.2. The largest absolute Gasteiger partial charge is 0.495 e. The van der Waals surface area contributed by atoms with E-state index in [2.05, 4.69) is 15.3 Å². The van der Waals surface area contributed by atoms with Crippen LogP contribution in [0, 0.1) is 4.77 Å². The number of nitrogens with one attached hydrogen (secondary N) is 1. The molecule has 0 bridgehead atoms. The maximum absolute atomic E-state index is 13.2. The number of hydrogen-bond donors (Lipinski definition) is 1. The van der Waals surface area contributed by atoms with Crippen LogP contribution in [-0.2, 0) is 13.0 Å². The Morgan fingerprint density at radius 1 is 1.09 bits per heavy atom. The number of halogens is 1. The summed E-state index contributed by atoms with van der Waals surface area (Å²) in [5, 5.41) is 13.0. The first-order valence-electron chi connectivity index (χ1n) is 9.59. The van der Waals surface area contributed by atoms with Crippen molar-refractivity contribution in [2.24, 2.45) is 0 Å². The molecule has 166 valence electrons. The number of fused-ring (bicyclic) bond motifs is 1. The average molecular weight is 474 g/mol. The summed E-state index contributed by atoms with van der Waals surface area (Å²) in [6.45, 7) is 0.262. The van der Waals surface area contributed by atoms with E-state index in [0.717, 1.165) is 0 Å². The molecule has 2 aromatic carbocycles. The molecule has 0 unspecified atom stereocenters. The lowest BCUT2D eigenvalue weighted by atomic mass is 10.1. The summed E-state index contributed by atoms with van der Waals surface area (Å²) in [5.41, 5.74) is 0.359. The predicted molar refractivity (Wildman–Crippen MR) is 123 cm³/mol. The summed E-state index contributed by atoms with van der Waals surface area (Å²) in [5.74, 6) is 2.04. The van der Waals surface area contributed by atoms with Crippen molar-refractivity contribution in [3.63, 3.8) is 0 Å². The Balaban J connectivity index is 1.73. The first-order chi connectivity index (χ1) is 15.5. The number of H-pyrrole nitrogens is 1. The van der Waals surface area contributed by atoms with Gasteiger partial charge in [-0.25, -0.2) is 4.68 Å². The molecule has 0 aliphatic heterocycles. The number of hydrogen-bond acceptors (Lipinski definition) is 7. The van der Waals surface area contributed by atoms with E-state index in [9.17, 15) is 4.79 Å². The third kappa shape index (κ3) is 3.82. The summed E-state index contributed by atoms with van der Waals surface area (Å²) in [6, 6.07) is 8.74. The molecule has 0 spiro atoms. The second-order valence-electron chi connectivity index (χ2n) is 6.78. The monoisotopic (exact) mass is 473 g/mol. The standard InChI is InChI=1S/C21H20ClN5O4S/c1-29-15-7-5-13(22)10-14(15)27-17(24-25-21(27)32)8-9-26-20(28)18-12(11-23-26)4-6-16(30-2)19(18)31-3/h4-7,10-11H,8-9H2,1-3H3,(H,25,32). The van der Waals surface area contributed by atoms with Crippen molar-refractivity contribution in [2.75, 3.05) is 21.3 Å². The number of benzene rings is 2. The molecular formula is C21H20ClN5O4S. The molecule has 0 amide bonds. The zero-order chi connectivity index (χ0) is 22.8. The van der Waals surface area contributed by atoms with E-state index in [4.69, 9.17) is 38.0 Å². The highest BCUT2D eigenvalue weighted by Gasteiger charge is 2.17. The molecule has 32 heavy (non-hydrogen) atoms. The minimum Gasteiger partial charge on any atom is -0.495 e. The highest BCUT2D eigenvalue weighted by atomic mass is 35.5. The van der Waals surface area contributed by atoms with Crippen molar-refractivity contribution in [1.29, 1.82) is 0 Å². The lowest BCUT2D eigenvalue weighted by Crippen LogP contribution is -2.24. The number of ether oxygens (including phenoxy) is 3. The Labute approximate surface area is 193 Å². The van der Waals surface area contributed by atoms with Gasteiger partial charge >= 0.3 is 0 Å². The summed E-state index contributed by atoms with van der Waals surface area (Å²) >= 11 is 11.6. The summed E-state index contributed by atoms with van der Waals surface area (Å²) in [7, 11) is 4.59. The molecule has 11 heteroatoms. The van der Waals surface area contributed by atoms with E-state index in [1.165, 1.54) is 18.9 Å². The fraction of sp³-hybridized carbons (Fsp3) is 0.238. The molecular weight excluding hydrogens is 454 g/mol. The van der Waals surface area contributed by atoms with Crippen LogP contribution in [0.4, 0.5) is 0 Å². The lowest BCUT2D eigenvalue weighted by Gasteiger charge is -2.13. The van der Waals surface area contributed by atoms with Crippen LogP contribution < -0.4 is 19.8 Å². The van der Waals surface area contributed by atoms with Crippen LogP contribution in [-0.4, -0.2) is 45.9 Å². The fourth-order valence-corrected chi connectivity index (χ4v) is 3.95. The first-order valence-corrected chi connectivity index (χ1v) is 10.4. The molecule has 9 nitrogen and oxygen atoms in total. The van der Waals surface area contributed by atoms with Crippen LogP contribution in [0.5, 0.6) is 17.2 Å². The number of aromatic amines is 1. The van der Waals surface area contributed by atoms with Crippen LogP contribution in [0.3, 0.4) is 0 Å². The van der Waals surface area contributed by atoms with Crippen LogP contribution >= 0.6 is 23.8 Å². The molecule has 0 atom stereocenters. The van der Waals surface area contributed by atoms with Gasteiger partial charge in [0.1, 0.15) is 11.6 Å². The Kier molecular flexibility index (Phi) is 6.15. The Morgan fingerprint density at radius 3 is 2.56 bits per heavy atom. The van der Waals surface area contributed by atoms with E-state index in [1.807, 2.05) is 0 Å². The number of rotatable bonds is 7. The van der Waals surface area contributed by atoms with Gasteiger partial charge in [0.05, 0.1) is 45.1 Å². The lowest BCUT2D eigenvalue weighted by molar-refractivity contribution is 0.358. The normalized spacial score (nSPS) is 11.0. The fourth-order valence-electron chi connectivity index (χ4n) is 3.53. The van der Waals surface area contributed by atoms with Gasteiger partial charge in [-0.2, -0.15) is 10.2 Å². The highest BCUT2D eigenvalue weighted by molar-refractivity contribution is 7.71. The van der Waals surface area contributed by atoms with Gasteiger partial charge < -0.3 is 14.2 Å². The van der Waals surface area contributed by atoms with Crippen LogP contribution in [0.15, 0.2) is 41.3 Å². The quantitative estimate of drug-likeness (QED) is 0.410. The molecule has 0 saturated carbocycles. The minimum absolute atomic E-state index is 0.262. The number of methoxy groups -OCH3 is 3. The molecule has 2 heterocycles. The van der Waals surface area contributed by atoms with Crippen molar-refractivity contribution < 1.29 is 14.2 Å². The second-order valence-corrected chi connectivity index (χ2v) is 7.61.